The number of carbonyl (C=O) groups is 1. The molecule has 3 saturated carbocycles. The molecule has 6 atom stereocenters. The molecular formula is C19H30O2. The molecule has 0 aromatic rings. The van der Waals surface area contributed by atoms with Crippen molar-refractivity contribution in [3.8, 4) is 0 Å². The van der Waals surface area contributed by atoms with Crippen molar-refractivity contribution in [1.29, 1.82) is 0 Å². The van der Waals surface area contributed by atoms with Gasteiger partial charge in [0.15, 0.2) is 0 Å². The Morgan fingerprint density at radius 3 is 2.52 bits per heavy atom. The summed E-state index contributed by atoms with van der Waals surface area (Å²) in [4.78, 5) is 11.4. The fraction of sp³-hybridized carbons (Fsp3) is 0.842. The number of hydrogen-bond acceptors (Lipinski definition) is 2. The van der Waals surface area contributed by atoms with Gasteiger partial charge in [0.1, 0.15) is 6.10 Å². The van der Waals surface area contributed by atoms with Crippen molar-refractivity contribution >= 4 is 5.97 Å². The van der Waals surface area contributed by atoms with Crippen molar-refractivity contribution in [3.63, 3.8) is 0 Å². The molecule has 0 saturated heterocycles. The van der Waals surface area contributed by atoms with E-state index < -0.39 is 0 Å². The zero-order valence-corrected chi connectivity index (χ0v) is 13.8. The SMILES string of the molecule is C=CC(=O)OC1CCCC(C2CC3CC2C(C)C3(C)C)C1. The highest BCUT2D eigenvalue weighted by Crippen LogP contribution is 2.63. The number of carbonyl (C=O) groups excluding carboxylic acids is 1. The minimum absolute atomic E-state index is 0.136. The van der Waals surface area contributed by atoms with Crippen molar-refractivity contribution in [2.75, 3.05) is 0 Å². The third kappa shape index (κ3) is 2.55. The fourth-order valence-electron chi connectivity index (χ4n) is 5.64. The van der Waals surface area contributed by atoms with E-state index in [4.69, 9.17) is 4.74 Å². The number of fused-ring (bicyclic) bond motifs is 2. The minimum Gasteiger partial charge on any atom is -0.459 e. The van der Waals surface area contributed by atoms with E-state index in [0.29, 0.717) is 5.41 Å². The molecule has 6 unspecified atom stereocenters. The molecule has 3 aliphatic carbocycles. The first kappa shape index (κ1) is 15.1. The summed E-state index contributed by atoms with van der Waals surface area (Å²) in [7, 11) is 0. The van der Waals surface area contributed by atoms with Gasteiger partial charge in [0.05, 0.1) is 0 Å². The standard InChI is InChI=1S/C19H30O2/c1-5-18(20)21-15-8-6-7-13(9-15)17-11-14-10-16(17)12(2)19(14,3)4/h5,12-17H,1,6-11H2,2-4H3. The maximum atomic E-state index is 11.4. The number of ether oxygens (including phenoxy) is 1. The summed E-state index contributed by atoms with van der Waals surface area (Å²) in [6.07, 6.45) is 8.96. The zero-order valence-electron chi connectivity index (χ0n) is 13.8. The molecule has 3 rings (SSSR count). The molecular weight excluding hydrogens is 260 g/mol. The molecule has 2 nitrogen and oxygen atoms in total. The van der Waals surface area contributed by atoms with Crippen LogP contribution >= 0.6 is 0 Å². The molecule has 0 aliphatic heterocycles. The van der Waals surface area contributed by atoms with Gasteiger partial charge in [0.25, 0.3) is 0 Å². The summed E-state index contributed by atoms with van der Waals surface area (Å²) in [5.74, 6) is 4.07. The number of rotatable bonds is 3. The van der Waals surface area contributed by atoms with Crippen LogP contribution in [0.15, 0.2) is 12.7 Å². The molecule has 0 aromatic carbocycles. The molecule has 0 radical (unpaired) electrons. The van der Waals surface area contributed by atoms with Crippen LogP contribution < -0.4 is 0 Å². The Morgan fingerprint density at radius 2 is 1.90 bits per heavy atom. The lowest BCUT2D eigenvalue weighted by Crippen LogP contribution is -2.38. The number of esters is 1. The highest BCUT2D eigenvalue weighted by atomic mass is 16.5. The van der Waals surface area contributed by atoms with Crippen molar-refractivity contribution in [2.45, 2.75) is 65.4 Å². The first-order chi connectivity index (χ1) is 9.93. The predicted molar refractivity (Wildman–Crippen MR) is 84.7 cm³/mol. The molecule has 21 heavy (non-hydrogen) atoms. The van der Waals surface area contributed by atoms with E-state index in [1.165, 1.54) is 31.8 Å². The summed E-state index contributed by atoms with van der Waals surface area (Å²) in [6, 6.07) is 0. The molecule has 0 spiro atoms. The monoisotopic (exact) mass is 290 g/mol. The van der Waals surface area contributed by atoms with Gasteiger partial charge in [-0.1, -0.05) is 27.4 Å². The van der Waals surface area contributed by atoms with Gasteiger partial charge in [0.2, 0.25) is 0 Å². The van der Waals surface area contributed by atoms with Crippen molar-refractivity contribution in [1.82, 2.24) is 0 Å². The molecule has 0 N–H and O–H groups in total. The van der Waals surface area contributed by atoms with Crippen molar-refractivity contribution in [3.05, 3.63) is 12.7 Å². The van der Waals surface area contributed by atoms with E-state index in [1.807, 2.05) is 0 Å². The topological polar surface area (TPSA) is 26.3 Å². The van der Waals surface area contributed by atoms with Crippen LogP contribution in [-0.2, 0) is 9.53 Å². The van der Waals surface area contributed by atoms with E-state index in [2.05, 4.69) is 27.4 Å². The Balaban J connectivity index is 1.63. The van der Waals surface area contributed by atoms with Crippen LogP contribution in [0.5, 0.6) is 0 Å². The van der Waals surface area contributed by atoms with Gasteiger partial charge in [-0.05, 0) is 73.5 Å². The average Bonchev–Trinajstić information content (AvgIpc) is 2.99. The molecule has 3 fully saturated rings. The van der Waals surface area contributed by atoms with Gasteiger partial charge >= 0.3 is 5.97 Å². The van der Waals surface area contributed by atoms with Crippen LogP contribution in [0, 0.1) is 35.0 Å². The second-order valence-electron chi connectivity index (χ2n) is 8.30. The molecule has 0 amide bonds. The third-order valence-electron chi connectivity index (χ3n) is 7.25. The van der Waals surface area contributed by atoms with Gasteiger partial charge < -0.3 is 4.74 Å². The van der Waals surface area contributed by atoms with Crippen molar-refractivity contribution < 1.29 is 9.53 Å². The Kier molecular flexibility index (Phi) is 3.92. The normalized spacial score (nSPS) is 44.5. The third-order valence-corrected chi connectivity index (χ3v) is 7.25. The summed E-state index contributed by atoms with van der Waals surface area (Å²) >= 11 is 0. The van der Waals surface area contributed by atoms with Crippen LogP contribution in [0.3, 0.4) is 0 Å². The highest BCUT2D eigenvalue weighted by molar-refractivity contribution is 5.81. The van der Waals surface area contributed by atoms with E-state index >= 15 is 0 Å². The summed E-state index contributed by atoms with van der Waals surface area (Å²) in [5.41, 5.74) is 0.532. The highest BCUT2D eigenvalue weighted by Gasteiger charge is 2.56. The molecule has 2 bridgehead atoms. The smallest absolute Gasteiger partial charge is 0.330 e. The number of hydrogen-bond donors (Lipinski definition) is 0. The first-order valence-corrected chi connectivity index (χ1v) is 8.76. The second kappa shape index (κ2) is 5.44. The second-order valence-corrected chi connectivity index (χ2v) is 8.30. The maximum Gasteiger partial charge on any atom is 0.330 e. The maximum absolute atomic E-state index is 11.4. The summed E-state index contributed by atoms with van der Waals surface area (Å²) in [6.45, 7) is 10.9. The zero-order chi connectivity index (χ0) is 15.2. The first-order valence-electron chi connectivity index (χ1n) is 8.76. The minimum atomic E-state index is -0.247. The van der Waals surface area contributed by atoms with E-state index in [1.54, 1.807) is 0 Å². The molecule has 118 valence electrons. The van der Waals surface area contributed by atoms with Gasteiger partial charge in [-0.15, -0.1) is 0 Å². The van der Waals surface area contributed by atoms with Gasteiger partial charge in [0, 0.05) is 6.08 Å². The van der Waals surface area contributed by atoms with Crippen molar-refractivity contribution in [2.24, 2.45) is 35.0 Å². The average molecular weight is 290 g/mol. The molecule has 2 heteroatoms. The van der Waals surface area contributed by atoms with Crippen LogP contribution in [0.25, 0.3) is 0 Å². The van der Waals surface area contributed by atoms with E-state index in [-0.39, 0.29) is 12.1 Å². The Bertz CT molecular complexity index is 421. The molecule has 0 heterocycles. The lowest BCUT2D eigenvalue weighted by Gasteiger charge is -2.44. The predicted octanol–water partition coefficient (Wildman–Crippen LogP) is 4.59. The van der Waals surface area contributed by atoms with Gasteiger partial charge in [-0.25, -0.2) is 4.79 Å². The Labute approximate surface area is 129 Å². The lowest BCUT2D eigenvalue weighted by molar-refractivity contribution is -0.145. The van der Waals surface area contributed by atoms with Crippen LogP contribution in [0.4, 0.5) is 0 Å². The fourth-order valence-corrected chi connectivity index (χ4v) is 5.64. The van der Waals surface area contributed by atoms with Crippen LogP contribution in [0.2, 0.25) is 0 Å². The van der Waals surface area contributed by atoms with Gasteiger partial charge in [-0.2, -0.15) is 0 Å². The quantitative estimate of drug-likeness (QED) is 0.561. The summed E-state index contributed by atoms with van der Waals surface area (Å²) < 4.78 is 5.52. The van der Waals surface area contributed by atoms with E-state index in [0.717, 1.165) is 42.4 Å². The lowest BCUT2D eigenvalue weighted by atomic mass is 9.62. The van der Waals surface area contributed by atoms with E-state index in [9.17, 15) is 4.79 Å². The largest absolute Gasteiger partial charge is 0.459 e. The molecule has 3 aliphatic rings. The van der Waals surface area contributed by atoms with Gasteiger partial charge in [-0.3, -0.25) is 0 Å². The Hall–Kier alpha value is -0.790. The Morgan fingerprint density at radius 1 is 1.19 bits per heavy atom. The molecule has 0 aromatic heterocycles. The summed E-state index contributed by atoms with van der Waals surface area (Å²) in [5, 5.41) is 0. The van der Waals surface area contributed by atoms with Crippen LogP contribution in [0.1, 0.15) is 59.3 Å². The van der Waals surface area contributed by atoms with Crippen LogP contribution in [-0.4, -0.2) is 12.1 Å².